The lowest BCUT2D eigenvalue weighted by Gasteiger charge is -2.15. The maximum Gasteiger partial charge on any atom is 0.416 e. The minimum atomic E-state index is -4.85. The maximum atomic E-state index is 13.2. The molecular weight excluding hydrogens is 366 g/mol. The summed E-state index contributed by atoms with van der Waals surface area (Å²) in [7, 11) is 0. The molecule has 2 aromatic rings. The lowest BCUT2D eigenvalue weighted by Crippen LogP contribution is -2.11. The van der Waals surface area contributed by atoms with Gasteiger partial charge in [-0.1, -0.05) is 43.7 Å². The Bertz CT molecular complexity index is 852. The van der Waals surface area contributed by atoms with Crippen LogP contribution >= 0.6 is 0 Å². The molecule has 0 amide bonds. The van der Waals surface area contributed by atoms with E-state index in [1.807, 2.05) is 12.1 Å². The lowest BCUT2D eigenvalue weighted by molar-refractivity contribution is -0.143. The van der Waals surface area contributed by atoms with Crippen LogP contribution in [0.3, 0.4) is 0 Å². The number of benzene rings is 2. The molecule has 0 atom stereocenters. The van der Waals surface area contributed by atoms with Crippen molar-refractivity contribution in [1.82, 2.24) is 0 Å². The molecular formula is C21H18F6. The zero-order valence-electron chi connectivity index (χ0n) is 14.8. The zero-order chi connectivity index (χ0) is 20.0. The second-order valence-electron chi connectivity index (χ2n) is 7.25. The van der Waals surface area contributed by atoms with Crippen LogP contribution in [0.5, 0.6) is 0 Å². The van der Waals surface area contributed by atoms with Gasteiger partial charge in [-0.15, -0.1) is 0 Å². The Morgan fingerprint density at radius 1 is 0.889 bits per heavy atom. The number of alkyl halides is 6. The van der Waals surface area contributed by atoms with Crippen LogP contribution in [0.4, 0.5) is 26.3 Å². The second kappa shape index (κ2) is 6.73. The minimum absolute atomic E-state index is 0.0731. The van der Waals surface area contributed by atoms with Crippen molar-refractivity contribution in [3.8, 4) is 11.1 Å². The van der Waals surface area contributed by atoms with Gasteiger partial charge in [0.1, 0.15) is 0 Å². The van der Waals surface area contributed by atoms with Gasteiger partial charge in [0.15, 0.2) is 0 Å². The Balaban J connectivity index is 2.16. The van der Waals surface area contributed by atoms with Crippen molar-refractivity contribution < 1.29 is 26.3 Å². The molecule has 0 saturated heterocycles. The molecule has 0 aromatic heterocycles. The third-order valence-corrected chi connectivity index (χ3v) is 4.53. The molecule has 144 valence electrons. The molecule has 2 aromatic carbocycles. The van der Waals surface area contributed by atoms with Gasteiger partial charge in [-0.2, -0.15) is 26.3 Å². The number of fused-ring (bicyclic) bond motifs is 1. The summed E-state index contributed by atoms with van der Waals surface area (Å²) >= 11 is 0. The summed E-state index contributed by atoms with van der Waals surface area (Å²) in [6.07, 6.45) is -6.30. The van der Waals surface area contributed by atoms with Crippen molar-refractivity contribution in [2.45, 2.75) is 39.0 Å². The van der Waals surface area contributed by atoms with Crippen LogP contribution in [0, 0.1) is 5.92 Å². The van der Waals surface area contributed by atoms with Gasteiger partial charge in [0.2, 0.25) is 0 Å². The van der Waals surface area contributed by atoms with E-state index < -0.39 is 23.5 Å². The Kier molecular flexibility index (Phi) is 4.87. The molecule has 6 heteroatoms. The van der Waals surface area contributed by atoms with Gasteiger partial charge in [0.05, 0.1) is 11.1 Å². The van der Waals surface area contributed by atoms with Crippen LogP contribution in [0.15, 0.2) is 42.0 Å². The van der Waals surface area contributed by atoms with Crippen molar-refractivity contribution in [2.75, 3.05) is 0 Å². The van der Waals surface area contributed by atoms with Crippen molar-refractivity contribution in [3.05, 3.63) is 64.2 Å². The SMILES string of the molecule is CC(C)CC1=Cc2c(cccc2-c2cc(C(F)(F)F)cc(C(F)(F)F)c2)C1. The average Bonchev–Trinajstić information content (AvgIpc) is 2.94. The molecule has 0 spiro atoms. The van der Waals surface area contributed by atoms with Crippen molar-refractivity contribution in [2.24, 2.45) is 5.92 Å². The molecule has 0 radical (unpaired) electrons. The van der Waals surface area contributed by atoms with Crippen LogP contribution in [0.25, 0.3) is 17.2 Å². The largest absolute Gasteiger partial charge is 0.416 e. The quantitative estimate of drug-likeness (QED) is 0.485. The Morgan fingerprint density at radius 2 is 1.48 bits per heavy atom. The van der Waals surface area contributed by atoms with E-state index in [0.717, 1.165) is 29.7 Å². The van der Waals surface area contributed by atoms with Gasteiger partial charge >= 0.3 is 12.4 Å². The number of hydrogen-bond donors (Lipinski definition) is 0. The number of allylic oxidation sites excluding steroid dienone is 1. The highest BCUT2D eigenvalue weighted by atomic mass is 19.4. The highest BCUT2D eigenvalue weighted by Crippen LogP contribution is 2.41. The third-order valence-electron chi connectivity index (χ3n) is 4.53. The van der Waals surface area contributed by atoms with E-state index in [-0.39, 0.29) is 11.6 Å². The fourth-order valence-corrected chi connectivity index (χ4v) is 3.46. The van der Waals surface area contributed by atoms with Crippen LogP contribution in [-0.2, 0) is 18.8 Å². The van der Waals surface area contributed by atoms with E-state index in [9.17, 15) is 26.3 Å². The summed E-state index contributed by atoms with van der Waals surface area (Å²) in [6, 6.07) is 6.85. The molecule has 0 saturated carbocycles. The highest BCUT2D eigenvalue weighted by molar-refractivity contribution is 5.81. The molecule has 0 bridgehead atoms. The maximum absolute atomic E-state index is 13.2. The molecule has 3 rings (SSSR count). The molecule has 0 fully saturated rings. The van der Waals surface area contributed by atoms with Crippen molar-refractivity contribution in [1.29, 1.82) is 0 Å². The van der Waals surface area contributed by atoms with Crippen LogP contribution in [0.1, 0.15) is 42.5 Å². The number of rotatable bonds is 3. The van der Waals surface area contributed by atoms with Crippen LogP contribution in [-0.4, -0.2) is 0 Å². The van der Waals surface area contributed by atoms with Crippen LogP contribution in [0.2, 0.25) is 0 Å². The van der Waals surface area contributed by atoms with Crippen molar-refractivity contribution >= 4 is 6.08 Å². The Hall–Kier alpha value is -2.24. The third kappa shape index (κ3) is 4.20. The van der Waals surface area contributed by atoms with E-state index in [1.54, 1.807) is 12.1 Å². The van der Waals surface area contributed by atoms with E-state index in [1.165, 1.54) is 0 Å². The lowest BCUT2D eigenvalue weighted by atomic mass is 9.94. The van der Waals surface area contributed by atoms with Gasteiger partial charge in [-0.3, -0.25) is 0 Å². The summed E-state index contributed by atoms with van der Waals surface area (Å²) in [5.74, 6) is 0.416. The Morgan fingerprint density at radius 3 is 2.00 bits per heavy atom. The van der Waals surface area contributed by atoms with E-state index in [0.29, 0.717) is 23.5 Å². The predicted molar refractivity (Wildman–Crippen MR) is 93.0 cm³/mol. The molecule has 1 aliphatic carbocycles. The van der Waals surface area contributed by atoms with Gasteiger partial charge < -0.3 is 0 Å². The van der Waals surface area contributed by atoms with E-state index in [4.69, 9.17) is 0 Å². The van der Waals surface area contributed by atoms with E-state index >= 15 is 0 Å². The summed E-state index contributed by atoms with van der Waals surface area (Å²) in [5, 5.41) is 0. The first kappa shape index (κ1) is 19.5. The first-order valence-electron chi connectivity index (χ1n) is 8.56. The van der Waals surface area contributed by atoms with E-state index in [2.05, 4.69) is 13.8 Å². The number of hydrogen-bond acceptors (Lipinski definition) is 0. The fraction of sp³-hybridized carbons (Fsp3) is 0.333. The van der Waals surface area contributed by atoms with Crippen LogP contribution < -0.4 is 0 Å². The summed E-state index contributed by atoms with van der Waals surface area (Å²) < 4.78 is 78.9. The summed E-state index contributed by atoms with van der Waals surface area (Å²) in [6.45, 7) is 4.13. The Labute approximate surface area is 153 Å². The normalized spacial score (nSPS) is 14.5. The average molecular weight is 384 g/mol. The number of halogens is 6. The molecule has 27 heavy (non-hydrogen) atoms. The summed E-state index contributed by atoms with van der Waals surface area (Å²) in [5.41, 5.74) is 0.493. The molecule has 0 aliphatic heterocycles. The molecule has 0 heterocycles. The fourth-order valence-electron chi connectivity index (χ4n) is 3.46. The topological polar surface area (TPSA) is 0 Å². The first-order valence-corrected chi connectivity index (χ1v) is 8.56. The van der Waals surface area contributed by atoms with Gasteiger partial charge in [-0.05, 0) is 59.2 Å². The molecule has 0 unspecified atom stereocenters. The predicted octanol–water partition coefficient (Wildman–Crippen LogP) is 7.38. The van der Waals surface area contributed by atoms with Gasteiger partial charge in [-0.25, -0.2) is 0 Å². The minimum Gasteiger partial charge on any atom is -0.166 e. The van der Waals surface area contributed by atoms with Gasteiger partial charge in [0, 0.05) is 0 Å². The molecule has 0 N–H and O–H groups in total. The smallest absolute Gasteiger partial charge is 0.166 e. The summed E-state index contributed by atoms with van der Waals surface area (Å²) in [4.78, 5) is 0. The second-order valence-corrected chi connectivity index (χ2v) is 7.25. The molecule has 0 nitrogen and oxygen atoms in total. The standard InChI is InChI=1S/C21H18F6/c1-12(2)6-13-7-14-4-3-5-18(19(14)8-13)15-9-16(20(22,23)24)11-17(10-15)21(25,26)27/h3-5,8-12H,6-7H2,1-2H3. The zero-order valence-corrected chi connectivity index (χ0v) is 14.8. The highest BCUT2D eigenvalue weighted by Gasteiger charge is 2.37. The molecule has 1 aliphatic rings. The van der Waals surface area contributed by atoms with Crippen molar-refractivity contribution in [3.63, 3.8) is 0 Å². The van der Waals surface area contributed by atoms with Gasteiger partial charge in [0.25, 0.3) is 0 Å². The first-order chi connectivity index (χ1) is 12.4. The monoisotopic (exact) mass is 384 g/mol.